The molecule has 2 heteroatoms. The molecule has 0 aliphatic rings. The van der Waals surface area contributed by atoms with Crippen molar-refractivity contribution in [3.63, 3.8) is 0 Å². The largest absolute Gasteiger partial charge is 0.439 e. The fraction of sp³-hybridized carbons (Fsp3) is 0. The Bertz CT molecular complexity index is 635. The number of hydrogen-bond donors (Lipinski definition) is 0. The third-order valence-electron chi connectivity index (χ3n) is 2.47. The Kier molecular flexibility index (Phi) is 2.47. The first-order valence-corrected chi connectivity index (χ1v) is 5.41. The third kappa shape index (κ3) is 2.11. The second-order valence-electron chi connectivity index (χ2n) is 3.68. The van der Waals surface area contributed by atoms with Crippen molar-refractivity contribution >= 4 is 10.9 Å². The summed E-state index contributed by atoms with van der Waals surface area (Å²) >= 11 is 0. The van der Waals surface area contributed by atoms with E-state index in [1.807, 2.05) is 60.7 Å². The topological polar surface area (TPSA) is 22.1 Å². The van der Waals surface area contributed by atoms with E-state index in [-0.39, 0.29) is 0 Å². The standard InChI is InChI=1S/C15H10NO/c1-2-7-13(8-3-1)17-15-11-10-12-6-4-5-9-14(12)16-15/h1-3,5-11H. The maximum atomic E-state index is 5.67. The minimum atomic E-state index is 0.606. The number of pyridine rings is 1. The quantitative estimate of drug-likeness (QED) is 0.654. The molecule has 2 nitrogen and oxygen atoms in total. The Labute approximate surface area is 99.5 Å². The van der Waals surface area contributed by atoms with Gasteiger partial charge in [-0.2, -0.15) is 0 Å². The van der Waals surface area contributed by atoms with Gasteiger partial charge in [0.15, 0.2) is 0 Å². The lowest BCUT2D eigenvalue weighted by molar-refractivity contribution is 0.465. The normalized spacial score (nSPS) is 10.4. The molecule has 1 radical (unpaired) electrons. The number of aromatic nitrogens is 1. The number of benzene rings is 2. The van der Waals surface area contributed by atoms with Gasteiger partial charge in [0.2, 0.25) is 5.88 Å². The molecule has 0 bridgehead atoms. The molecule has 81 valence electrons. The Morgan fingerprint density at radius 1 is 0.941 bits per heavy atom. The molecule has 0 fully saturated rings. The summed E-state index contributed by atoms with van der Waals surface area (Å²) in [5, 5.41) is 1.06. The van der Waals surface area contributed by atoms with Gasteiger partial charge in [0.1, 0.15) is 5.75 Å². The van der Waals surface area contributed by atoms with Gasteiger partial charge in [0, 0.05) is 11.5 Å². The van der Waals surface area contributed by atoms with Crippen LogP contribution in [-0.4, -0.2) is 4.98 Å². The number of para-hydroxylation sites is 1. The number of ether oxygens (including phenoxy) is 1. The van der Waals surface area contributed by atoms with E-state index >= 15 is 0 Å². The lowest BCUT2D eigenvalue weighted by atomic mass is 10.2. The van der Waals surface area contributed by atoms with Crippen molar-refractivity contribution in [3.8, 4) is 11.6 Å². The maximum absolute atomic E-state index is 5.67. The van der Waals surface area contributed by atoms with Crippen molar-refractivity contribution in [2.45, 2.75) is 0 Å². The molecule has 0 amide bonds. The zero-order valence-electron chi connectivity index (χ0n) is 9.13. The molecule has 1 heterocycles. The zero-order valence-corrected chi connectivity index (χ0v) is 9.13. The molecule has 0 aliphatic heterocycles. The smallest absolute Gasteiger partial charge is 0.219 e. The molecule has 0 saturated carbocycles. The van der Waals surface area contributed by atoms with Crippen LogP contribution >= 0.6 is 0 Å². The van der Waals surface area contributed by atoms with E-state index in [1.54, 1.807) is 0 Å². The molecule has 3 aromatic rings. The second kappa shape index (κ2) is 4.26. The van der Waals surface area contributed by atoms with Crippen molar-refractivity contribution < 1.29 is 4.74 Å². The van der Waals surface area contributed by atoms with Crippen molar-refractivity contribution in [3.05, 3.63) is 66.7 Å². The van der Waals surface area contributed by atoms with Gasteiger partial charge in [-0.25, -0.2) is 4.98 Å². The first kappa shape index (κ1) is 9.85. The number of rotatable bonds is 2. The van der Waals surface area contributed by atoms with E-state index in [4.69, 9.17) is 4.74 Å². The predicted molar refractivity (Wildman–Crippen MR) is 67.1 cm³/mol. The summed E-state index contributed by atoms with van der Waals surface area (Å²) in [6.07, 6.45) is 0. The lowest BCUT2D eigenvalue weighted by Gasteiger charge is -2.05. The third-order valence-corrected chi connectivity index (χ3v) is 2.47. The highest BCUT2D eigenvalue weighted by atomic mass is 16.5. The Balaban J connectivity index is 1.96. The van der Waals surface area contributed by atoms with Gasteiger partial charge in [0.05, 0.1) is 5.52 Å². The van der Waals surface area contributed by atoms with Crippen molar-refractivity contribution in [1.29, 1.82) is 0 Å². The van der Waals surface area contributed by atoms with Gasteiger partial charge < -0.3 is 4.74 Å². The van der Waals surface area contributed by atoms with Crippen LogP contribution in [0.5, 0.6) is 11.6 Å². The summed E-state index contributed by atoms with van der Waals surface area (Å²) in [4.78, 5) is 4.43. The van der Waals surface area contributed by atoms with E-state index in [1.165, 1.54) is 0 Å². The average Bonchev–Trinajstić information content (AvgIpc) is 2.40. The Morgan fingerprint density at radius 2 is 1.82 bits per heavy atom. The van der Waals surface area contributed by atoms with Crippen LogP contribution in [0.3, 0.4) is 0 Å². The van der Waals surface area contributed by atoms with Gasteiger partial charge in [0.25, 0.3) is 0 Å². The first-order chi connectivity index (χ1) is 8.42. The fourth-order valence-corrected chi connectivity index (χ4v) is 1.65. The summed E-state index contributed by atoms with van der Waals surface area (Å²) in [5.74, 6) is 1.40. The molecule has 0 saturated heterocycles. The maximum Gasteiger partial charge on any atom is 0.219 e. The molecule has 0 unspecified atom stereocenters. The van der Waals surface area contributed by atoms with Crippen LogP contribution in [-0.2, 0) is 0 Å². The van der Waals surface area contributed by atoms with Crippen LogP contribution in [0.1, 0.15) is 0 Å². The Hall–Kier alpha value is -2.35. The molecular weight excluding hydrogens is 210 g/mol. The number of fused-ring (bicyclic) bond motifs is 1. The van der Waals surface area contributed by atoms with Crippen molar-refractivity contribution in [2.75, 3.05) is 0 Å². The van der Waals surface area contributed by atoms with E-state index in [9.17, 15) is 0 Å². The SMILES string of the molecule is [c]1ccc2nc(Oc3ccccc3)ccc2c1. The van der Waals surface area contributed by atoms with Crippen LogP contribution in [0.2, 0.25) is 0 Å². The average molecular weight is 220 g/mol. The second-order valence-corrected chi connectivity index (χ2v) is 3.68. The van der Waals surface area contributed by atoms with E-state index in [2.05, 4.69) is 11.1 Å². The molecule has 1 aromatic heterocycles. The summed E-state index contributed by atoms with van der Waals surface area (Å²) in [5.41, 5.74) is 0.914. The number of nitrogens with zero attached hydrogens (tertiary/aromatic N) is 1. The van der Waals surface area contributed by atoms with Gasteiger partial charge in [-0.3, -0.25) is 0 Å². The molecular formula is C15H10NO. The minimum Gasteiger partial charge on any atom is -0.439 e. The van der Waals surface area contributed by atoms with Gasteiger partial charge in [-0.05, 0) is 36.4 Å². The van der Waals surface area contributed by atoms with Gasteiger partial charge >= 0.3 is 0 Å². The highest BCUT2D eigenvalue weighted by Crippen LogP contribution is 2.21. The number of hydrogen-bond acceptors (Lipinski definition) is 2. The first-order valence-electron chi connectivity index (χ1n) is 5.41. The highest BCUT2D eigenvalue weighted by Gasteiger charge is 1.99. The van der Waals surface area contributed by atoms with Crippen LogP contribution < -0.4 is 4.74 Å². The lowest BCUT2D eigenvalue weighted by Crippen LogP contribution is -1.87. The van der Waals surface area contributed by atoms with Crippen LogP contribution in [0.25, 0.3) is 10.9 Å². The minimum absolute atomic E-state index is 0.606. The molecule has 0 aliphatic carbocycles. The molecule has 0 atom stereocenters. The molecule has 0 spiro atoms. The van der Waals surface area contributed by atoms with E-state index < -0.39 is 0 Å². The molecule has 2 aromatic carbocycles. The van der Waals surface area contributed by atoms with Crippen molar-refractivity contribution in [1.82, 2.24) is 4.98 Å². The summed E-state index contributed by atoms with van der Waals surface area (Å²) in [7, 11) is 0. The highest BCUT2D eigenvalue weighted by molar-refractivity contribution is 5.78. The van der Waals surface area contributed by atoms with E-state index in [0.29, 0.717) is 5.88 Å². The molecule has 17 heavy (non-hydrogen) atoms. The zero-order chi connectivity index (χ0) is 11.5. The van der Waals surface area contributed by atoms with Gasteiger partial charge in [-0.15, -0.1) is 0 Å². The molecule has 0 N–H and O–H groups in total. The summed E-state index contributed by atoms with van der Waals surface area (Å²) < 4.78 is 5.67. The van der Waals surface area contributed by atoms with Gasteiger partial charge in [-0.1, -0.05) is 24.3 Å². The summed E-state index contributed by atoms with van der Waals surface area (Å²) in [6.45, 7) is 0. The van der Waals surface area contributed by atoms with Crippen LogP contribution in [0.15, 0.2) is 60.7 Å². The Morgan fingerprint density at radius 3 is 2.71 bits per heavy atom. The predicted octanol–water partition coefficient (Wildman–Crippen LogP) is 3.83. The van der Waals surface area contributed by atoms with Crippen LogP contribution in [0, 0.1) is 6.07 Å². The fourth-order valence-electron chi connectivity index (χ4n) is 1.65. The van der Waals surface area contributed by atoms with Crippen molar-refractivity contribution in [2.24, 2.45) is 0 Å². The monoisotopic (exact) mass is 220 g/mol. The van der Waals surface area contributed by atoms with Crippen LogP contribution in [0.4, 0.5) is 0 Å². The molecule has 3 rings (SSSR count). The van der Waals surface area contributed by atoms with E-state index in [0.717, 1.165) is 16.7 Å². The summed E-state index contributed by atoms with van der Waals surface area (Å²) in [6, 6.07) is 22.2.